The second kappa shape index (κ2) is 3.59. The molecule has 1 fully saturated rings. The van der Waals surface area contributed by atoms with Crippen molar-refractivity contribution in [1.82, 2.24) is 0 Å². The molecule has 0 bridgehead atoms. The van der Waals surface area contributed by atoms with E-state index in [0.29, 0.717) is 11.8 Å². The van der Waals surface area contributed by atoms with Crippen molar-refractivity contribution in [2.24, 2.45) is 5.92 Å². The summed E-state index contributed by atoms with van der Waals surface area (Å²) in [7, 11) is 0. The van der Waals surface area contributed by atoms with E-state index in [2.05, 4.69) is 13.5 Å². The maximum Gasteiger partial charge on any atom is 0.0854 e. The van der Waals surface area contributed by atoms with Crippen molar-refractivity contribution in [3.8, 4) is 0 Å². The highest BCUT2D eigenvalue weighted by molar-refractivity contribution is 6.18. The molecule has 1 nitrogen and oxygen atoms in total. The number of rotatable bonds is 3. The number of hydrogen-bond acceptors (Lipinski definition) is 1. The summed E-state index contributed by atoms with van der Waals surface area (Å²) < 4.78 is 5.64. The zero-order chi connectivity index (χ0) is 8.32. The standard InChI is InChI=1S/C9H15ClO/c1-3-4-9(7-10)5-8(2)6-11-9/h3,8H,1,4-7H2,2H3. The number of halogens is 1. The van der Waals surface area contributed by atoms with E-state index in [-0.39, 0.29) is 5.60 Å². The van der Waals surface area contributed by atoms with Crippen molar-refractivity contribution in [3.05, 3.63) is 12.7 Å². The van der Waals surface area contributed by atoms with Gasteiger partial charge in [-0.05, 0) is 18.8 Å². The van der Waals surface area contributed by atoms with Crippen LogP contribution in [-0.2, 0) is 4.74 Å². The molecule has 0 radical (unpaired) electrons. The molecule has 0 amide bonds. The first-order valence-electron chi connectivity index (χ1n) is 4.03. The molecule has 0 aromatic rings. The average molecular weight is 175 g/mol. The van der Waals surface area contributed by atoms with Crippen molar-refractivity contribution < 1.29 is 4.74 Å². The van der Waals surface area contributed by atoms with Crippen LogP contribution in [0.5, 0.6) is 0 Å². The maximum atomic E-state index is 5.84. The Labute approximate surface area is 73.4 Å². The van der Waals surface area contributed by atoms with Crippen LogP contribution < -0.4 is 0 Å². The molecule has 2 unspecified atom stereocenters. The third kappa shape index (κ3) is 1.97. The van der Waals surface area contributed by atoms with Crippen LogP contribution in [0.4, 0.5) is 0 Å². The molecule has 0 aromatic carbocycles. The molecular weight excluding hydrogens is 160 g/mol. The molecule has 1 aliphatic heterocycles. The lowest BCUT2D eigenvalue weighted by Gasteiger charge is -2.23. The molecule has 1 aliphatic rings. The summed E-state index contributed by atoms with van der Waals surface area (Å²) in [6.45, 7) is 6.74. The topological polar surface area (TPSA) is 9.23 Å². The molecule has 11 heavy (non-hydrogen) atoms. The van der Waals surface area contributed by atoms with E-state index < -0.39 is 0 Å². The molecule has 0 spiro atoms. The van der Waals surface area contributed by atoms with E-state index in [4.69, 9.17) is 16.3 Å². The van der Waals surface area contributed by atoms with E-state index in [1.807, 2.05) is 6.08 Å². The Morgan fingerprint density at radius 2 is 2.55 bits per heavy atom. The van der Waals surface area contributed by atoms with E-state index in [1.165, 1.54) is 0 Å². The first-order chi connectivity index (χ1) is 5.22. The van der Waals surface area contributed by atoms with Gasteiger partial charge in [0.25, 0.3) is 0 Å². The summed E-state index contributed by atoms with van der Waals surface area (Å²) in [5.74, 6) is 1.23. The minimum Gasteiger partial charge on any atom is -0.373 e. The van der Waals surface area contributed by atoms with Crippen LogP contribution >= 0.6 is 11.6 Å². The Morgan fingerprint density at radius 1 is 1.82 bits per heavy atom. The van der Waals surface area contributed by atoms with Crippen molar-refractivity contribution >= 4 is 11.6 Å². The van der Waals surface area contributed by atoms with Crippen LogP contribution in [0.2, 0.25) is 0 Å². The average Bonchev–Trinajstić information content (AvgIpc) is 2.34. The van der Waals surface area contributed by atoms with Crippen LogP contribution in [0, 0.1) is 5.92 Å². The third-order valence-corrected chi connectivity index (χ3v) is 2.64. The predicted octanol–water partition coefficient (Wildman–Crippen LogP) is 2.60. The molecular formula is C9H15ClO. The first kappa shape index (κ1) is 9.08. The Morgan fingerprint density at radius 3 is 2.91 bits per heavy atom. The van der Waals surface area contributed by atoms with Crippen molar-refractivity contribution in [2.45, 2.75) is 25.4 Å². The molecule has 1 saturated heterocycles. The van der Waals surface area contributed by atoms with Crippen LogP contribution in [0.15, 0.2) is 12.7 Å². The van der Waals surface area contributed by atoms with Gasteiger partial charge in [-0.25, -0.2) is 0 Å². The first-order valence-corrected chi connectivity index (χ1v) is 4.57. The maximum absolute atomic E-state index is 5.84. The van der Waals surface area contributed by atoms with Crippen molar-refractivity contribution in [3.63, 3.8) is 0 Å². The summed E-state index contributed by atoms with van der Waals surface area (Å²) in [5.41, 5.74) is -0.0945. The second-order valence-electron chi connectivity index (χ2n) is 3.43. The lowest BCUT2D eigenvalue weighted by molar-refractivity contribution is 0.0249. The zero-order valence-electron chi connectivity index (χ0n) is 6.98. The molecule has 0 N–H and O–H groups in total. The monoisotopic (exact) mass is 174 g/mol. The van der Waals surface area contributed by atoms with Crippen LogP contribution in [0.25, 0.3) is 0 Å². The molecule has 0 saturated carbocycles. The Balaban J connectivity index is 2.54. The Bertz CT molecular complexity index is 146. The van der Waals surface area contributed by atoms with Gasteiger partial charge in [0.15, 0.2) is 0 Å². The van der Waals surface area contributed by atoms with Gasteiger partial charge in [-0.15, -0.1) is 18.2 Å². The van der Waals surface area contributed by atoms with Crippen LogP contribution in [-0.4, -0.2) is 18.1 Å². The van der Waals surface area contributed by atoms with Gasteiger partial charge >= 0.3 is 0 Å². The molecule has 1 heterocycles. The van der Waals surface area contributed by atoms with Crippen molar-refractivity contribution in [1.29, 1.82) is 0 Å². The van der Waals surface area contributed by atoms with Gasteiger partial charge in [-0.1, -0.05) is 13.0 Å². The molecule has 64 valence electrons. The predicted molar refractivity (Wildman–Crippen MR) is 48.0 cm³/mol. The lowest BCUT2D eigenvalue weighted by atomic mass is 9.94. The van der Waals surface area contributed by atoms with Gasteiger partial charge in [-0.3, -0.25) is 0 Å². The minimum absolute atomic E-state index is 0.0945. The fourth-order valence-electron chi connectivity index (χ4n) is 1.62. The highest BCUT2D eigenvalue weighted by atomic mass is 35.5. The minimum atomic E-state index is -0.0945. The largest absolute Gasteiger partial charge is 0.373 e. The molecule has 1 rings (SSSR count). The molecule has 0 aromatic heterocycles. The SMILES string of the molecule is C=CCC1(CCl)CC(C)CO1. The lowest BCUT2D eigenvalue weighted by Crippen LogP contribution is -2.29. The smallest absolute Gasteiger partial charge is 0.0854 e. The third-order valence-electron chi connectivity index (χ3n) is 2.15. The quantitative estimate of drug-likeness (QED) is 0.472. The van der Waals surface area contributed by atoms with E-state index in [9.17, 15) is 0 Å². The van der Waals surface area contributed by atoms with E-state index in [0.717, 1.165) is 19.4 Å². The summed E-state index contributed by atoms with van der Waals surface area (Å²) in [6.07, 6.45) is 3.84. The second-order valence-corrected chi connectivity index (χ2v) is 3.70. The fourth-order valence-corrected chi connectivity index (χ4v) is 1.92. The fraction of sp³-hybridized carbons (Fsp3) is 0.778. The van der Waals surface area contributed by atoms with E-state index >= 15 is 0 Å². The van der Waals surface area contributed by atoms with E-state index in [1.54, 1.807) is 0 Å². The Kier molecular flexibility index (Phi) is 2.97. The number of alkyl halides is 1. The van der Waals surface area contributed by atoms with Gasteiger partial charge in [-0.2, -0.15) is 0 Å². The molecule has 2 atom stereocenters. The molecule has 2 heteroatoms. The Hall–Kier alpha value is -0.0100. The highest BCUT2D eigenvalue weighted by Crippen LogP contribution is 2.33. The van der Waals surface area contributed by atoms with Crippen molar-refractivity contribution in [2.75, 3.05) is 12.5 Å². The van der Waals surface area contributed by atoms with Gasteiger partial charge in [0.05, 0.1) is 18.1 Å². The van der Waals surface area contributed by atoms with Crippen LogP contribution in [0.1, 0.15) is 19.8 Å². The highest BCUT2D eigenvalue weighted by Gasteiger charge is 2.36. The van der Waals surface area contributed by atoms with Gasteiger partial charge in [0.1, 0.15) is 0 Å². The summed E-state index contributed by atoms with van der Waals surface area (Å²) in [4.78, 5) is 0. The normalized spacial score (nSPS) is 37.5. The van der Waals surface area contributed by atoms with Gasteiger partial charge < -0.3 is 4.74 Å². The summed E-state index contributed by atoms with van der Waals surface area (Å²) in [6, 6.07) is 0. The van der Waals surface area contributed by atoms with Gasteiger partial charge in [0, 0.05) is 0 Å². The number of hydrogen-bond donors (Lipinski definition) is 0. The summed E-state index contributed by atoms with van der Waals surface area (Å²) >= 11 is 5.84. The zero-order valence-corrected chi connectivity index (χ0v) is 7.73. The summed E-state index contributed by atoms with van der Waals surface area (Å²) in [5, 5.41) is 0. The van der Waals surface area contributed by atoms with Crippen LogP contribution in [0.3, 0.4) is 0 Å². The molecule has 0 aliphatic carbocycles. The van der Waals surface area contributed by atoms with Gasteiger partial charge in [0.2, 0.25) is 0 Å². The number of ether oxygens (including phenoxy) is 1.